The first-order valence-corrected chi connectivity index (χ1v) is 8.70. The summed E-state index contributed by atoms with van der Waals surface area (Å²) in [6, 6.07) is 7.94. The quantitative estimate of drug-likeness (QED) is 0.830. The van der Waals surface area contributed by atoms with Gasteiger partial charge in [-0.15, -0.1) is 12.4 Å². The summed E-state index contributed by atoms with van der Waals surface area (Å²) in [5.74, 6) is 0.196. The Hall–Kier alpha value is -0.580. The van der Waals surface area contributed by atoms with Gasteiger partial charge in [0.1, 0.15) is 0 Å². The van der Waals surface area contributed by atoms with Crippen molar-refractivity contribution in [1.82, 2.24) is 10.6 Å². The monoisotopic (exact) mass is 386 g/mol. The molecule has 2 saturated heterocycles. The van der Waals surface area contributed by atoms with Crippen molar-refractivity contribution in [2.45, 2.75) is 63.6 Å². The van der Waals surface area contributed by atoms with Gasteiger partial charge in [0.25, 0.3) is 0 Å². The van der Waals surface area contributed by atoms with Crippen LogP contribution in [0.5, 0.6) is 0 Å². The molecule has 5 heteroatoms. The first-order valence-electron chi connectivity index (χ1n) is 7.90. The second-order valence-corrected chi connectivity index (χ2v) is 7.31. The Morgan fingerprint density at radius 2 is 2.00 bits per heavy atom. The topological polar surface area (TPSA) is 41.1 Å². The minimum atomic E-state index is 0. The number of piperidine rings is 1. The van der Waals surface area contributed by atoms with E-state index in [0.29, 0.717) is 24.5 Å². The second kappa shape index (κ2) is 7.80. The fourth-order valence-electron chi connectivity index (χ4n) is 3.60. The summed E-state index contributed by atoms with van der Waals surface area (Å²) in [6.07, 6.45) is 6.14. The number of amides is 1. The summed E-state index contributed by atoms with van der Waals surface area (Å²) in [6.45, 7) is 2.08. The molecule has 1 amide bonds. The zero-order chi connectivity index (χ0) is 14.8. The normalized spacial score (nSPS) is 26.4. The number of hydrogen-bond acceptors (Lipinski definition) is 2. The van der Waals surface area contributed by atoms with Crippen LogP contribution >= 0.6 is 28.3 Å². The zero-order valence-corrected chi connectivity index (χ0v) is 15.3. The Balaban J connectivity index is 0.00000176. The van der Waals surface area contributed by atoms with E-state index in [1.54, 1.807) is 0 Å². The molecule has 0 saturated carbocycles. The lowest BCUT2D eigenvalue weighted by atomic mass is 9.99. The van der Waals surface area contributed by atoms with Gasteiger partial charge < -0.3 is 10.6 Å². The van der Waals surface area contributed by atoms with Gasteiger partial charge in [-0.1, -0.05) is 28.1 Å². The van der Waals surface area contributed by atoms with E-state index in [2.05, 4.69) is 51.7 Å². The van der Waals surface area contributed by atoms with E-state index in [-0.39, 0.29) is 18.3 Å². The maximum Gasteiger partial charge on any atom is 0.220 e. The van der Waals surface area contributed by atoms with Crippen molar-refractivity contribution >= 4 is 34.2 Å². The molecular weight excluding hydrogens is 364 g/mol. The number of fused-ring (bicyclic) bond motifs is 2. The number of nitrogens with one attached hydrogen (secondary N) is 2. The van der Waals surface area contributed by atoms with Crippen molar-refractivity contribution in [3.05, 3.63) is 33.8 Å². The first kappa shape index (κ1) is 17.8. The molecule has 3 rings (SSSR count). The largest absolute Gasteiger partial charge is 0.353 e. The van der Waals surface area contributed by atoms with Gasteiger partial charge in [-0.25, -0.2) is 0 Å². The van der Waals surface area contributed by atoms with Gasteiger partial charge in [-0.2, -0.15) is 0 Å². The predicted octanol–water partition coefficient (Wildman–Crippen LogP) is 3.51. The van der Waals surface area contributed by atoms with Gasteiger partial charge in [0, 0.05) is 29.0 Å². The van der Waals surface area contributed by atoms with Crippen LogP contribution in [-0.4, -0.2) is 24.0 Å². The Kier molecular flexibility index (Phi) is 6.30. The molecule has 0 spiro atoms. The molecule has 1 aromatic rings. The van der Waals surface area contributed by atoms with Crippen molar-refractivity contribution in [2.75, 3.05) is 0 Å². The molecule has 1 aromatic carbocycles. The van der Waals surface area contributed by atoms with Crippen LogP contribution in [0.3, 0.4) is 0 Å². The lowest BCUT2D eigenvalue weighted by Crippen LogP contribution is -2.48. The highest BCUT2D eigenvalue weighted by atomic mass is 79.9. The van der Waals surface area contributed by atoms with E-state index in [9.17, 15) is 4.79 Å². The van der Waals surface area contributed by atoms with Crippen molar-refractivity contribution in [1.29, 1.82) is 0 Å². The Morgan fingerprint density at radius 1 is 1.32 bits per heavy atom. The number of hydrogen-bond donors (Lipinski definition) is 2. The van der Waals surface area contributed by atoms with Crippen LogP contribution in [0.25, 0.3) is 0 Å². The summed E-state index contributed by atoms with van der Waals surface area (Å²) in [5.41, 5.74) is 2.46. The third-order valence-corrected chi connectivity index (χ3v) is 5.59. The molecule has 0 aliphatic carbocycles. The van der Waals surface area contributed by atoms with E-state index >= 15 is 0 Å². The third-order valence-electron chi connectivity index (χ3n) is 4.70. The van der Waals surface area contributed by atoms with E-state index in [0.717, 1.165) is 23.7 Å². The fourth-order valence-corrected chi connectivity index (χ4v) is 3.84. The number of benzene rings is 1. The molecule has 22 heavy (non-hydrogen) atoms. The summed E-state index contributed by atoms with van der Waals surface area (Å²) in [4.78, 5) is 12.1. The molecule has 122 valence electrons. The molecular formula is C17H24BrClN2O. The summed E-state index contributed by atoms with van der Waals surface area (Å²) in [5, 5.41) is 6.83. The first-order chi connectivity index (χ1) is 10.1. The molecule has 2 fully saturated rings. The minimum absolute atomic E-state index is 0. The Morgan fingerprint density at radius 3 is 2.64 bits per heavy atom. The number of halogens is 2. The molecule has 2 aliphatic rings. The van der Waals surface area contributed by atoms with Gasteiger partial charge in [0.2, 0.25) is 5.91 Å². The summed E-state index contributed by atoms with van der Waals surface area (Å²) >= 11 is 3.51. The van der Waals surface area contributed by atoms with E-state index < -0.39 is 0 Å². The van der Waals surface area contributed by atoms with Crippen LogP contribution in [0.15, 0.2) is 22.7 Å². The highest BCUT2D eigenvalue weighted by Gasteiger charge is 2.33. The maximum atomic E-state index is 12.1. The molecule has 2 unspecified atom stereocenters. The number of aryl methyl sites for hydroxylation is 2. The number of carbonyl (C=O) groups is 1. The van der Waals surface area contributed by atoms with Crippen molar-refractivity contribution in [3.8, 4) is 0 Å². The molecule has 0 radical (unpaired) electrons. The van der Waals surface area contributed by atoms with Crippen LogP contribution in [0, 0.1) is 6.92 Å². The summed E-state index contributed by atoms with van der Waals surface area (Å²) in [7, 11) is 0. The average molecular weight is 388 g/mol. The van der Waals surface area contributed by atoms with Gasteiger partial charge in [0.15, 0.2) is 0 Å². The highest BCUT2D eigenvalue weighted by molar-refractivity contribution is 9.10. The van der Waals surface area contributed by atoms with E-state index in [4.69, 9.17) is 0 Å². The fraction of sp³-hybridized carbons (Fsp3) is 0.588. The predicted molar refractivity (Wildman–Crippen MR) is 95.6 cm³/mol. The molecule has 0 aromatic heterocycles. The lowest BCUT2D eigenvalue weighted by molar-refractivity contribution is -0.122. The van der Waals surface area contributed by atoms with E-state index in [1.807, 2.05) is 0 Å². The van der Waals surface area contributed by atoms with Crippen molar-refractivity contribution in [2.24, 2.45) is 0 Å². The van der Waals surface area contributed by atoms with Gasteiger partial charge in [-0.3, -0.25) is 4.79 Å². The minimum Gasteiger partial charge on any atom is -0.353 e. The lowest BCUT2D eigenvalue weighted by Gasteiger charge is -2.29. The van der Waals surface area contributed by atoms with Gasteiger partial charge >= 0.3 is 0 Å². The van der Waals surface area contributed by atoms with Crippen LogP contribution in [0.1, 0.15) is 43.2 Å². The SMILES string of the molecule is Cc1cc(CCC(=O)NC2CC3CCC(C2)N3)ccc1Br.Cl. The third kappa shape index (κ3) is 4.46. The van der Waals surface area contributed by atoms with Crippen molar-refractivity contribution < 1.29 is 4.79 Å². The standard InChI is InChI=1S/C17H23BrN2O.ClH/c1-11-8-12(2-6-16(11)18)3-7-17(21)20-15-9-13-4-5-14(10-15)19-13;/h2,6,8,13-15,19H,3-5,7,9-10H2,1H3,(H,20,21);1H. The molecule has 2 heterocycles. The summed E-state index contributed by atoms with van der Waals surface area (Å²) < 4.78 is 1.13. The van der Waals surface area contributed by atoms with Crippen LogP contribution in [-0.2, 0) is 11.2 Å². The van der Waals surface area contributed by atoms with Crippen LogP contribution in [0.4, 0.5) is 0 Å². The van der Waals surface area contributed by atoms with Crippen LogP contribution in [0.2, 0.25) is 0 Å². The van der Waals surface area contributed by atoms with Crippen LogP contribution < -0.4 is 10.6 Å². The molecule has 2 atom stereocenters. The van der Waals surface area contributed by atoms with Gasteiger partial charge in [0.05, 0.1) is 0 Å². The molecule has 2 N–H and O–H groups in total. The number of carbonyl (C=O) groups excluding carboxylic acids is 1. The van der Waals surface area contributed by atoms with Crippen molar-refractivity contribution in [3.63, 3.8) is 0 Å². The second-order valence-electron chi connectivity index (χ2n) is 6.46. The highest BCUT2D eigenvalue weighted by Crippen LogP contribution is 2.26. The Labute approximate surface area is 147 Å². The Bertz CT molecular complexity index is 525. The smallest absolute Gasteiger partial charge is 0.220 e. The molecule has 2 aliphatic heterocycles. The van der Waals surface area contributed by atoms with Gasteiger partial charge in [-0.05, 0) is 56.2 Å². The average Bonchev–Trinajstić information content (AvgIpc) is 2.79. The van der Waals surface area contributed by atoms with E-state index in [1.165, 1.54) is 24.0 Å². The maximum absolute atomic E-state index is 12.1. The number of rotatable bonds is 4. The molecule has 2 bridgehead atoms. The zero-order valence-electron chi connectivity index (χ0n) is 12.9. The molecule has 3 nitrogen and oxygen atoms in total.